The Kier molecular flexibility index (Phi) is 6.76. The van der Waals surface area contributed by atoms with Gasteiger partial charge in [0, 0.05) is 29.3 Å². The number of rotatable bonds is 7. The molecule has 13 heteroatoms. The minimum atomic E-state index is -0.705. The molecule has 0 radical (unpaired) electrons. The van der Waals surface area contributed by atoms with Crippen molar-refractivity contribution in [1.82, 2.24) is 14.6 Å². The number of nitro benzene ring substituents is 1. The largest absolute Gasteiger partial charge is 0.430 e. The monoisotopic (exact) mass is 542 g/mol. The van der Waals surface area contributed by atoms with Crippen LogP contribution < -0.4 is 10.3 Å². The molecule has 0 saturated carbocycles. The van der Waals surface area contributed by atoms with Crippen LogP contribution in [-0.2, 0) is 0 Å². The number of fused-ring (bicyclic) bond motifs is 1. The van der Waals surface area contributed by atoms with Crippen molar-refractivity contribution in [3.63, 3.8) is 0 Å². The molecule has 0 fully saturated rings. The molecule has 39 heavy (non-hydrogen) atoms. The van der Waals surface area contributed by atoms with Crippen LogP contribution in [0.15, 0.2) is 95.0 Å². The average molecular weight is 543 g/mol. The van der Waals surface area contributed by atoms with Gasteiger partial charge in [0.2, 0.25) is 11.6 Å². The van der Waals surface area contributed by atoms with Crippen molar-refractivity contribution >= 4 is 40.1 Å². The predicted molar refractivity (Wildman–Crippen MR) is 144 cm³/mol. The molecular weight excluding hydrogens is 528 g/mol. The van der Waals surface area contributed by atoms with E-state index < -0.39 is 21.1 Å². The first-order valence-corrected chi connectivity index (χ1v) is 11.6. The number of nitrogens with zero attached hydrogens (tertiary/aromatic N) is 6. The number of aromatic nitrogens is 3. The van der Waals surface area contributed by atoms with E-state index in [1.54, 1.807) is 48.5 Å². The average Bonchev–Trinajstić information content (AvgIpc) is 2.94. The summed E-state index contributed by atoms with van der Waals surface area (Å²) in [5, 5.41) is 27.2. The summed E-state index contributed by atoms with van der Waals surface area (Å²) in [6.07, 6.45) is 2.20. The maximum atomic E-state index is 13.3. The lowest BCUT2D eigenvalue weighted by Crippen LogP contribution is -2.20. The molecule has 3 aromatic carbocycles. The number of hydrogen-bond donors (Lipinski definition) is 0. The second kappa shape index (κ2) is 10.5. The number of para-hydroxylation sites is 1. The van der Waals surface area contributed by atoms with E-state index in [0.29, 0.717) is 16.5 Å². The topological polar surface area (TPSA) is 156 Å². The molecule has 2 heterocycles. The van der Waals surface area contributed by atoms with Crippen LogP contribution in [-0.4, -0.2) is 30.7 Å². The molecule has 0 saturated heterocycles. The standard InChI is InChI=1S/C26H15ClN6O6/c27-20-12-16(13-22(33(37)38)24(20)39-23-11-10-18(15-28-23)32(35)36)14-29-31-25(17-6-2-1-3-7-17)30-21-9-5-4-8-19(21)26(31)34/h1-15H. The molecule has 0 unspecified atom stereocenters. The Morgan fingerprint density at radius 3 is 2.38 bits per heavy atom. The van der Waals surface area contributed by atoms with Crippen LogP contribution in [0.3, 0.4) is 0 Å². The highest BCUT2D eigenvalue weighted by Gasteiger charge is 2.22. The molecule has 0 aliphatic rings. The highest BCUT2D eigenvalue weighted by molar-refractivity contribution is 6.32. The van der Waals surface area contributed by atoms with Gasteiger partial charge in [0.1, 0.15) is 6.20 Å². The van der Waals surface area contributed by atoms with Crippen molar-refractivity contribution in [2.75, 3.05) is 0 Å². The van der Waals surface area contributed by atoms with Gasteiger partial charge >= 0.3 is 5.69 Å². The molecule has 0 N–H and O–H groups in total. The molecule has 0 atom stereocenters. The molecule has 0 aliphatic heterocycles. The van der Waals surface area contributed by atoms with Crippen molar-refractivity contribution in [2.24, 2.45) is 5.10 Å². The van der Waals surface area contributed by atoms with E-state index >= 15 is 0 Å². The molecular formula is C26H15ClN6O6. The number of pyridine rings is 1. The highest BCUT2D eigenvalue weighted by atomic mass is 35.5. The van der Waals surface area contributed by atoms with Gasteiger partial charge in [0.05, 0.1) is 32.0 Å². The first-order chi connectivity index (χ1) is 18.8. The van der Waals surface area contributed by atoms with Crippen LogP contribution >= 0.6 is 11.6 Å². The van der Waals surface area contributed by atoms with Gasteiger partial charge in [0.25, 0.3) is 11.2 Å². The summed E-state index contributed by atoms with van der Waals surface area (Å²) >= 11 is 6.32. The van der Waals surface area contributed by atoms with E-state index in [1.165, 1.54) is 18.3 Å². The fourth-order valence-corrected chi connectivity index (χ4v) is 3.95. The van der Waals surface area contributed by atoms with Crippen molar-refractivity contribution in [3.05, 3.63) is 126 Å². The maximum absolute atomic E-state index is 13.3. The number of benzene rings is 3. The molecule has 5 rings (SSSR count). The Labute approximate surface area is 223 Å². The lowest BCUT2D eigenvalue weighted by atomic mass is 10.2. The maximum Gasteiger partial charge on any atom is 0.313 e. The second-order valence-electron chi connectivity index (χ2n) is 8.00. The third kappa shape index (κ3) is 5.17. The fourth-order valence-electron chi connectivity index (χ4n) is 3.69. The lowest BCUT2D eigenvalue weighted by molar-refractivity contribution is -0.385. The van der Waals surface area contributed by atoms with Gasteiger partial charge in [0.15, 0.2) is 5.82 Å². The third-order valence-electron chi connectivity index (χ3n) is 5.49. The smallest absolute Gasteiger partial charge is 0.313 e. The number of nitro groups is 2. The SMILES string of the molecule is O=c1c2ccccc2nc(-c2ccccc2)n1N=Cc1cc(Cl)c(Oc2ccc([N+](=O)[O-])cn2)c([N+](=O)[O-])c1. The summed E-state index contributed by atoms with van der Waals surface area (Å²) in [6.45, 7) is 0. The van der Waals surface area contributed by atoms with E-state index in [0.717, 1.165) is 23.0 Å². The summed E-state index contributed by atoms with van der Waals surface area (Å²) < 4.78 is 6.60. The van der Waals surface area contributed by atoms with Gasteiger partial charge in [-0.3, -0.25) is 25.0 Å². The molecule has 192 valence electrons. The van der Waals surface area contributed by atoms with Gasteiger partial charge in [-0.05, 0) is 18.2 Å². The number of hydrogen-bond acceptors (Lipinski definition) is 9. The first kappa shape index (κ1) is 25.2. The molecule has 2 aromatic heterocycles. The van der Waals surface area contributed by atoms with E-state index in [-0.39, 0.29) is 33.7 Å². The lowest BCUT2D eigenvalue weighted by Gasteiger charge is -2.10. The minimum absolute atomic E-state index is 0.131. The van der Waals surface area contributed by atoms with Crippen molar-refractivity contribution in [1.29, 1.82) is 0 Å². The zero-order chi connectivity index (χ0) is 27.5. The molecule has 5 aromatic rings. The fraction of sp³-hybridized carbons (Fsp3) is 0. The van der Waals surface area contributed by atoms with Crippen LogP contribution in [0.4, 0.5) is 11.4 Å². The van der Waals surface area contributed by atoms with Crippen molar-refractivity contribution in [3.8, 4) is 23.0 Å². The Hall–Kier alpha value is -5.49. The van der Waals surface area contributed by atoms with Gasteiger partial charge < -0.3 is 4.74 Å². The Bertz CT molecular complexity index is 1820. The zero-order valence-electron chi connectivity index (χ0n) is 19.7. The van der Waals surface area contributed by atoms with Gasteiger partial charge in [-0.25, -0.2) is 9.97 Å². The van der Waals surface area contributed by atoms with E-state index in [4.69, 9.17) is 16.3 Å². The van der Waals surface area contributed by atoms with Crippen LogP contribution in [0.2, 0.25) is 5.02 Å². The summed E-state index contributed by atoms with van der Waals surface area (Å²) in [4.78, 5) is 43.0. The van der Waals surface area contributed by atoms with E-state index in [9.17, 15) is 25.0 Å². The zero-order valence-corrected chi connectivity index (χ0v) is 20.4. The van der Waals surface area contributed by atoms with Crippen LogP contribution in [0.1, 0.15) is 5.56 Å². The highest BCUT2D eigenvalue weighted by Crippen LogP contribution is 2.38. The summed E-state index contributed by atoms with van der Waals surface area (Å²) in [5.41, 5.74) is 0.128. The second-order valence-corrected chi connectivity index (χ2v) is 8.41. The molecule has 12 nitrogen and oxygen atoms in total. The molecule has 0 amide bonds. The molecule has 0 spiro atoms. The first-order valence-electron chi connectivity index (χ1n) is 11.2. The predicted octanol–water partition coefficient (Wildman–Crippen LogP) is 5.60. The molecule has 0 aliphatic carbocycles. The summed E-state index contributed by atoms with van der Waals surface area (Å²) in [6, 6.07) is 20.7. The van der Waals surface area contributed by atoms with Gasteiger partial charge in [-0.1, -0.05) is 54.1 Å². The Morgan fingerprint density at radius 1 is 0.949 bits per heavy atom. The Balaban J connectivity index is 1.56. The van der Waals surface area contributed by atoms with E-state index in [2.05, 4.69) is 15.1 Å². The third-order valence-corrected chi connectivity index (χ3v) is 5.77. The number of ether oxygens (including phenoxy) is 1. The van der Waals surface area contributed by atoms with Crippen molar-refractivity contribution in [2.45, 2.75) is 0 Å². The van der Waals surface area contributed by atoms with Gasteiger partial charge in [-0.2, -0.15) is 9.78 Å². The Morgan fingerprint density at radius 2 is 1.69 bits per heavy atom. The number of halogens is 1. The van der Waals surface area contributed by atoms with Crippen LogP contribution in [0, 0.1) is 20.2 Å². The molecule has 0 bridgehead atoms. The summed E-state index contributed by atoms with van der Waals surface area (Å²) in [5.74, 6) is -0.164. The van der Waals surface area contributed by atoms with Crippen molar-refractivity contribution < 1.29 is 14.6 Å². The minimum Gasteiger partial charge on any atom is -0.430 e. The normalized spacial score (nSPS) is 11.1. The van der Waals surface area contributed by atoms with E-state index in [1.807, 2.05) is 6.07 Å². The summed E-state index contributed by atoms with van der Waals surface area (Å²) in [7, 11) is 0. The quantitative estimate of drug-likeness (QED) is 0.146. The van der Waals surface area contributed by atoms with Crippen LogP contribution in [0.5, 0.6) is 11.6 Å². The van der Waals surface area contributed by atoms with Gasteiger partial charge in [-0.15, -0.1) is 0 Å². The van der Waals surface area contributed by atoms with Crippen LogP contribution in [0.25, 0.3) is 22.3 Å².